The first-order valence-corrected chi connectivity index (χ1v) is 5.73. The van der Waals surface area contributed by atoms with Gasteiger partial charge in [-0.25, -0.2) is 0 Å². The van der Waals surface area contributed by atoms with Crippen molar-refractivity contribution in [3.05, 3.63) is 48.0 Å². The fourth-order valence-corrected chi connectivity index (χ4v) is 1.62. The van der Waals surface area contributed by atoms with Gasteiger partial charge in [0.2, 0.25) is 0 Å². The molecule has 0 nitrogen and oxygen atoms in total. The van der Waals surface area contributed by atoms with Crippen LogP contribution in [0.2, 0.25) is 0 Å². The monoisotopic (exact) mass is 238 g/mol. The Balaban J connectivity index is 2.44. The second kappa shape index (κ2) is 5.98. The Morgan fingerprint density at radius 3 is 2.31 bits per heavy atom. The highest BCUT2D eigenvalue weighted by Gasteiger charge is 1.92. The summed E-state index contributed by atoms with van der Waals surface area (Å²) in [5.41, 5.74) is 2.76. The summed E-state index contributed by atoms with van der Waals surface area (Å²) in [5.74, 6) is 0. The maximum Gasteiger partial charge on any atom is 0.0283 e. The van der Waals surface area contributed by atoms with Crippen molar-refractivity contribution in [2.75, 3.05) is 0 Å². The second-order valence-corrected chi connectivity index (χ2v) is 3.69. The molecule has 0 aliphatic heterocycles. The zero-order chi connectivity index (χ0) is 9.52. The van der Waals surface area contributed by atoms with Gasteiger partial charge in [-0.15, -0.1) is 6.58 Å². The molecule has 0 N–H and O–H groups in total. The third kappa shape index (κ3) is 3.77. The molecule has 0 aliphatic rings. The molecule has 0 unspecified atom stereocenters. The van der Waals surface area contributed by atoms with Gasteiger partial charge in [0.1, 0.15) is 0 Å². The molecule has 0 aromatic heterocycles. The number of halogens is 1. The first-order valence-electron chi connectivity index (χ1n) is 4.61. The molecule has 70 valence electrons. The van der Waals surface area contributed by atoms with Gasteiger partial charge in [-0.3, -0.25) is 0 Å². The lowest BCUT2D eigenvalue weighted by Gasteiger charge is -2.00. The highest BCUT2D eigenvalue weighted by Crippen LogP contribution is 2.10. The summed E-state index contributed by atoms with van der Waals surface area (Å²) in [6.45, 7) is 3.71. The van der Waals surface area contributed by atoms with E-state index in [9.17, 15) is 0 Å². The van der Waals surface area contributed by atoms with Crippen LogP contribution >= 0.6 is 15.9 Å². The summed E-state index contributed by atoms with van der Waals surface area (Å²) in [6, 6.07) is 8.77. The molecule has 0 atom stereocenters. The molecule has 1 aromatic carbocycles. The van der Waals surface area contributed by atoms with E-state index in [1.165, 1.54) is 17.5 Å². The molecule has 0 amide bonds. The first kappa shape index (κ1) is 10.5. The lowest BCUT2D eigenvalue weighted by molar-refractivity contribution is 0.844. The van der Waals surface area contributed by atoms with Crippen molar-refractivity contribution >= 4 is 15.9 Å². The quantitative estimate of drug-likeness (QED) is 0.412. The van der Waals surface area contributed by atoms with Crippen molar-refractivity contribution in [2.24, 2.45) is 0 Å². The number of benzene rings is 1. The number of hydrogen-bond donors (Lipinski definition) is 0. The van der Waals surface area contributed by atoms with Crippen LogP contribution in [0.5, 0.6) is 0 Å². The molecule has 0 radical (unpaired) electrons. The number of hydrogen-bond acceptors (Lipinski definition) is 0. The lowest BCUT2D eigenvalue weighted by atomic mass is 10.1. The Kier molecular flexibility index (Phi) is 4.84. The Labute approximate surface area is 88.8 Å². The minimum absolute atomic E-state index is 0.944. The maximum absolute atomic E-state index is 3.71. The van der Waals surface area contributed by atoms with E-state index in [4.69, 9.17) is 0 Å². The molecular weight excluding hydrogens is 224 g/mol. The molecule has 0 saturated carbocycles. The number of rotatable bonds is 5. The molecule has 0 aliphatic carbocycles. The Bertz CT molecular complexity index is 248. The van der Waals surface area contributed by atoms with Gasteiger partial charge < -0.3 is 0 Å². The van der Waals surface area contributed by atoms with Crippen molar-refractivity contribution < 1.29 is 0 Å². The summed E-state index contributed by atoms with van der Waals surface area (Å²) in [4.78, 5) is 0. The van der Waals surface area contributed by atoms with E-state index in [0.29, 0.717) is 0 Å². The van der Waals surface area contributed by atoms with Gasteiger partial charge in [-0.2, -0.15) is 0 Å². The molecule has 13 heavy (non-hydrogen) atoms. The van der Waals surface area contributed by atoms with E-state index in [1.807, 2.05) is 6.08 Å². The summed E-state index contributed by atoms with van der Waals surface area (Å²) in [6.07, 6.45) is 5.46. The van der Waals surface area contributed by atoms with E-state index >= 15 is 0 Å². The number of aryl methyl sites for hydroxylation is 1. The Morgan fingerprint density at radius 2 is 1.77 bits per heavy atom. The average molecular weight is 239 g/mol. The van der Waals surface area contributed by atoms with Crippen LogP contribution < -0.4 is 0 Å². The molecule has 1 rings (SSSR count). The molecule has 0 bridgehead atoms. The first-order chi connectivity index (χ1) is 6.36. The van der Waals surface area contributed by atoms with Crippen LogP contribution in [0.25, 0.3) is 0 Å². The highest BCUT2D eigenvalue weighted by molar-refractivity contribution is 9.08. The fraction of sp³-hybridized carbons (Fsp3) is 0.333. The molecule has 0 heterocycles. The standard InChI is InChI=1S/C12H15Br/c1-2-3-4-5-11-6-8-12(10-13)9-7-11/h2,6-9H,1,3-5,10H2. The van der Waals surface area contributed by atoms with Crippen molar-refractivity contribution in [3.8, 4) is 0 Å². The fourth-order valence-electron chi connectivity index (χ4n) is 1.25. The average Bonchev–Trinajstić information content (AvgIpc) is 2.19. The Morgan fingerprint density at radius 1 is 1.15 bits per heavy atom. The molecule has 1 aromatic rings. The van der Waals surface area contributed by atoms with Crippen LogP contribution in [0.4, 0.5) is 0 Å². The molecule has 1 heteroatoms. The molecule has 0 fully saturated rings. The van der Waals surface area contributed by atoms with Gasteiger partial charge in [0.15, 0.2) is 0 Å². The lowest BCUT2D eigenvalue weighted by Crippen LogP contribution is -1.85. The van der Waals surface area contributed by atoms with E-state index in [0.717, 1.165) is 18.2 Å². The van der Waals surface area contributed by atoms with Crippen LogP contribution in [0, 0.1) is 0 Å². The van der Waals surface area contributed by atoms with Crippen molar-refractivity contribution in [2.45, 2.75) is 24.6 Å². The highest BCUT2D eigenvalue weighted by atomic mass is 79.9. The van der Waals surface area contributed by atoms with Gasteiger partial charge in [-0.05, 0) is 30.4 Å². The predicted molar refractivity (Wildman–Crippen MR) is 62.2 cm³/mol. The topological polar surface area (TPSA) is 0 Å². The predicted octanol–water partition coefficient (Wildman–Crippen LogP) is 4.09. The Hall–Kier alpha value is -0.560. The SMILES string of the molecule is C=CCCCc1ccc(CBr)cc1. The largest absolute Gasteiger partial charge is 0.103 e. The third-order valence-electron chi connectivity index (χ3n) is 2.05. The van der Waals surface area contributed by atoms with Crippen molar-refractivity contribution in [1.29, 1.82) is 0 Å². The van der Waals surface area contributed by atoms with Crippen LogP contribution in [-0.4, -0.2) is 0 Å². The summed E-state index contributed by atoms with van der Waals surface area (Å²) < 4.78 is 0. The number of alkyl halides is 1. The summed E-state index contributed by atoms with van der Waals surface area (Å²) >= 11 is 3.43. The van der Waals surface area contributed by atoms with E-state index in [1.54, 1.807) is 0 Å². The van der Waals surface area contributed by atoms with Crippen LogP contribution in [0.15, 0.2) is 36.9 Å². The van der Waals surface area contributed by atoms with Crippen LogP contribution in [0.3, 0.4) is 0 Å². The minimum Gasteiger partial charge on any atom is -0.103 e. The molecule has 0 spiro atoms. The van der Waals surface area contributed by atoms with Gasteiger partial charge in [0.25, 0.3) is 0 Å². The van der Waals surface area contributed by atoms with Crippen molar-refractivity contribution in [1.82, 2.24) is 0 Å². The van der Waals surface area contributed by atoms with Crippen molar-refractivity contribution in [3.63, 3.8) is 0 Å². The normalized spacial score (nSPS) is 9.92. The molecular formula is C12H15Br. The summed E-state index contributed by atoms with van der Waals surface area (Å²) in [7, 11) is 0. The number of unbranched alkanes of at least 4 members (excludes halogenated alkanes) is 1. The van der Waals surface area contributed by atoms with E-state index in [-0.39, 0.29) is 0 Å². The summed E-state index contributed by atoms with van der Waals surface area (Å²) in [5, 5.41) is 0.944. The van der Waals surface area contributed by atoms with Crippen LogP contribution in [0.1, 0.15) is 24.0 Å². The zero-order valence-corrected chi connectivity index (χ0v) is 9.39. The van der Waals surface area contributed by atoms with E-state index in [2.05, 4.69) is 46.8 Å². The second-order valence-electron chi connectivity index (χ2n) is 3.13. The van der Waals surface area contributed by atoms with Gasteiger partial charge >= 0.3 is 0 Å². The molecule has 0 saturated heterocycles. The van der Waals surface area contributed by atoms with Gasteiger partial charge in [0, 0.05) is 5.33 Å². The number of allylic oxidation sites excluding steroid dienone is 1. The van der Waals surface area contributed by atoms with E-state index < -0.39 is 0 Å². The minimum atomic E-state index is 0.944. The van der Waals surface area contributed by atoms with Gasteiger partial charge in [-0.1, -0.05) is 46.3 Å². The smallest absolute Gasteiger partial charge is 0.0283 e. The third-order valence-corrected chi connectivity index (χ3v) is 2.70. The zero-order valence-electron chi connectivity index (χ0n) is 7.80. The maximum atomic E-state index is 3.71. The van der Waals surface area contributed by atoms with Crippen LogP contribution in [-0.2, 0) is 11.8 Å². The van der Waals surface area contributed by atoms with Gasteiger partial charge in [0.05, 0.1) is 0 Å².